The molecule has 0 saturated heterocycles. The molecule has 2 aromatic carbocycles. The van der Waals surface area contributed by atoms with Crippen LogP contribution >= 0.6 is 23.2 Å². The lowest BCUT2D eigenvalue weighted by Crippen LogP contribution is -1.94. The second-order valence-corrected chi connectivity index (χ2v) is 5.73. The first kappa shape index (κ1) is 15.6. The molecule has 0 amide bonds. The molecule has 1 aromatic heterocycles. The molecule has 1 heterocycles. The summed E-state index contributed by atoms with van der Waals surface area (Å²) in [4.78, 5) is 12.1. The molecule has 114 valence electrons. The topological polar surface area (TPSA) is 30.2 Å². The minimum atomic E-state index is -0.167. The zero-order chi connectivity index (χ0) is 16.2. The van der Waals surface area contributed by atoms with E-state index in [4.69, 9.17) is 27.6 Å². The molecule has 3 aromatic rings. The lowest BCUT2D eigenvalue weighted by Gasteiger charge is -1.98. The van der Waals surface area contributed by atoms with Crippen molar-refractivity contribution in [2.75, 3.05) is 0 Å². The minimum absolute atomic E-state index is 0.167. The Kier molecular flexibility index (Phi) is 4.65. The molecule has 0 saturated carbocycles. The lowest BCUT2D eigenvalue weighted by atomic mass is 10.1. The second kappa shape index (κ2) is 6.86. The highest BCUT2D eigenvalue weighted by molar-refractivity contribution is 6.34. The largest absolute Gasteiger partial charge is 0.457 e. The van der Waals surface area contributed by atoms with E-state index < -0.39 is 0 Å². The predicted molar refractivity (Wildman–Crippen MR) is 94.0 cm³/mol. The number of carbonyl (C=O) groups excluding carboxylic acids is 1. The Balaban J connectivity index is 1.77. The van der Waals surface area contributed by atoms with E-state index in [9.17, 15) is 4.79 Å². The number of hydrogen-bond donors (Lipinski definition) is 0. The molecule has 4 heteroatoms. The van der Waals surface area contributed by atoms with Crippen LogP contribution in [0.5, 0.6) is 0 Å². The number of benzene rings is 2. The molecule has 0 aliphatic heterocycles. The van der Waals surface area contributed by atoms with Gasteiger partial charge in [-0.2, -0.15) is 0 Å². The first-order chi connectivity index (χ1) is 11.1. The Morgan fingerprint density at radius 3 is 2.39 bits per heavy atom. The summed E-state index contributed by atoms with van der Waals surface area (Å²) in [6.45, 7) is 0. The van der Waals surface area contributed by atoms with Gasteiger partial charge in [-0.05, 0) is 60.7 Å². The van der Waals surface area contributed by atoms with Gasteiger partial charge in [-0.15, -0.1) is 0 Å². The van der Waals surface area contributed by atoms with Crippen molar-refractivity contribution in [2.24, 2.45) is 0 Å². The fourth-order valence-electron chi connectivity index (χ4n) is 2.12. The first-order valence-corrected chi connectivity index (χ1v) is 7.72. The molecule has 0 unspecified atom stereocenters. The van der Waals surface area contributed by atoms with Gasteiger partial charge in [-0.3, -0.25) is 4.79 Å². The average molecular weight is 343 g/mol. The van der Waals surface area contributed by atoms with Crippen LogP contribution in [0.25, 0.3) is 17.4 Å². The third kappa shape index (κ3) is 3.73. The van der Waals surface area contributed by atoms with Crippen molar-refractivity contribution in [2.45, 2.75) is 0 Å². The van der Waals surface area contributed by atoms with Crippen molar-refractivity contribution in [3.63, 3.8) is 0 Å². The van der Waals surface area contributed by atoms with Crippen LogP contribution in [0.15, 0.2) is 71.2 Å². The Labute approximate surface area is 144 Å². The van der Waals surface area contributed by atoms with Crippen LogP contribution in [0.3, 0.4) is 0 Å². The van der Waals surface area contributed by atoms with E-state index in [-0.39, 0.29) is 5.78 Å². The summed E-state index contributed by atoms with van der Waals surface area (Å²) in [6.07, 6.45) is 3.08. The third-order valence-electron chi connectivity index (χ3n) is 3.29. The molecule has 0 radical (unpaired) electrons. The van der Waals surface area contributed by atoms with Gasteiger partial charge in [0.15, 0.2) is 5.78 Å². The van der Waals surface area contributed by atoms with Gasteiger partial charge in [0.05, 0.1) is 5.02 Å². The van der Waals surface area contributed by atoms with Crippen LogP contribution in [-0.2, 0) is 0 Å². The summed E-state index contributed by atoms with van der Waals surface area (Å²) in [6, 6.07) is 18.0. The molecule has 0 aliphatic rings. The maximum absolute atomic E-state index is 12.1. The monoisotopic (exact) mass is 342 g/mol. The van der Waals surface area contributed by atoms with Gasteiger partial charge in [0.1, 0.15) is 11.5 Å². The van der Waals surface area contributed by atoms with Gasteiger partial charge in [0.25, 0.3) is 0 Å². The number of hydrogen-bond acceptors (Lipinski definition) is 2. The predicted octanol–water partition coefficient (Wildman–Crippen LogP) is 6.15. The van der Waals surface area contributed by atoms with Gasteiger partial charge >= 0.3 is 0 Å². The second-order valence-electron chi connectivity index (χ2n) is 4.89. The fourth-order valence-corrected chi connectivity index (χ4v) is 2.48. The molecular weight excluding hydrogens is 331 g/mol. The number of allylic oxidation sites excluding steroid dienone is 1. The molecule has 0 aliphatic carbocycles. The van der Waals surface area contributed by atoms with E-state index in [0.717, 1.165) is 5.56 Å². The van der Waals surface area contributed by atoms with E-state index in [0.29, 0.717) is 27.1 Å². The zero-order valence-corrected chi connectivity index (χ0v) is 13.5. The Morgan fingerprint density at radius 2 is 1.65 bits per heavy atom. The van der Waals surface area contributed by atoms with Crippen LogP contribution < -0.4 is 0 Å². The molecule has 23 heavy (non-hydrogen) atoms. The van der Waals surface area contributed by atoms with Crippen molar-refractivity contribution >= 4 is 35.1 Å². The summed E-state index contributed by atoms with van der Waals surface area (Å²) >= 11 is 11.9. The maximum Gasteiger partial charge on any atom is 0.187 e. The van der Waals surface area contributed by atoms with Crippen molar-refractivity contribution in [3.05, 3.63) is 88.1 Å². The van der Waals surface area contributed by atoms with Crippen molar-refractivity contribution in [1.29, 1.82) is 0 Å². The van der Waals surface area contributed by atoms with Gasteiger partial charge in [-0.1, -0.05) is 35.3 Å². The molecular formula is C19H12Cl2O2. The van der Waals surface area contributed by atoms with E-state index >= 15 is 0 Å². The highest BCUT2D eigenvalue weighted by atomic mass is 35.5. The molecule has 0 fully saturated rings. The van der Waals surface area contributed by atoms with Crippen molar-refractivity contribution in [1.82, 2.24) is 0 Å². The Morgan fingerprint density at radius 1 is 0.913 bits per heavy atom. The van der Waals surface area contributed by atoms with Crippen molar-refractivity contribution < 1.29 is 9.21 Å². The van der Waals surface area contributed by atoms with Crippen LogP contribution in [0.2, 0.25) is 10.0 Å². The summed E-state index contributed by atoms with van der Waals surface area (Å²) in [5.41, 5.74) is 1.39. The highest BCUT2D eigenvalue weighted by Crippen LogP contribution is 2.24. The van der Waals surface area contributed by atoms with Crippen LogP contribution in [0.4, 0.5) is 0 Å². The summed E-state index contributed by atoms with van der Waals surface area (Å²) in [7, 11) is 0. The van der Waals surface area contributed by atoms with Crippen LogP contribution in [0.1, 0.15) is 16.1 Å². The summed E-state index contributed by atoms with van der Waals surface area (Å²) in [5, 5.41) is 1.11. The van der Waals surface area contributed by atoms with E-state index in [1.165, 1.54) is 6.08 Å². The quantitative estimate of drug-likeness (QED) is 0.420. The zero-order valence-electron chi connectivity index (χ0n) is 12.0. The SMILES string of the molecule is O=C(/C=C/c1ccc(-c2ccc(Cl)cc2)o1)c1ccccc1Cl. The number of ketones is 1. The third-order valence-corrected chi connectivity index (χ3v) is 3.88. The minimum Gasteiger partial charge on any atom is -0.457 e. The van der Waals surface area contributed by atoms with Crippen LogP contribution in [-0.4, -0.2) is 5.78 Å². The van der Waals surface area contributed by atoms with E-state index in [1.807, 2.05) is 18.2 Å². The molecule has 0 atom stereocenters. The van der Waals surface area contributed by atoms with Crippen LogP contribution in [0, 0.1) is 0 Å². The molecule has 0 spiro atoms. The van der Waals surface area contributed by atoms with E-state index in [2.05, 4.69) is 0 Å². The molecule has 0 N–H and O–H groups in total. The number of carbonyl (C=O) groups is 1. The highest BCUT2D eigenvalue weighted by Gasteiger charge is 2.07. The van der Waals surface area contributed by atoms with Gasteiger partial charge in [-0.25, -0.2) is 0 Å². The van der Waals surface area contributed by atoms with Gasteiger partial charge in [0, 0.05) is 16.1 Å². The molecule has 0 bridgehead atoms. The normalized spacial score (nSPS) is 11.0. The summed E-state index contributed by atoms with van der Waals surface area (Å²) < 4.78 is 5.71. The van der Waals surface area contributed by atoms with E-state index in [1.54, 1.807) is 48.5 Å². The Bertz CT molecular complexity index is 861. The number of halogens is 2. The average Bonchev–Trinajstić information content (AvgIpc) is 3.03. The summed E-state index contributed by atoms with van der Waals surface area (Å²) in [5.74, 6) is 1.14. The smallest absolute Gasteiger partial charge is 0.187 e. The molecule has 2 nitrogen and oxygen atoms in total. The maximum atomic E-state index is 12.1. The Hall–Kier alpha value is -2.29. The fraction of sp³-hybridized carbons (Fsp3) is 0. The number of furan rings is 1. The van der Waals surface area contributed by atoms with Gasteiger partial charge in [0.2, 0.25) is 0 Å². The first-order valence-electron chi connectivity index (χ1n) is 6.96. The lowest BCUT2D eigenvalue weighted by molar-refractivity contribution is 0.104. The molecule has 3 rings (SSSR count). The number of rotatable bonds is 4. The standard InChI is InChI=1S/C19H12Cl2O2/c20-14-7-5-13(6-8-14)19-12-10-15(23-19)9-11-18(22)16-3-1-2-4-17(16)21/h1-12H/b11-9+. The van der Waals surface area contributed by atoms with Gasteiger partial charge < -0.3 is 4.42 Å². The van der Waals surface area contributed by atoms with Crippen molar-refractivity contribution in [3.8, 4) is 11.3 Å².